The van der Waals surface area contributed by atoms with Gasteiger partial charge in [-0.2, -0.15) is 0 Å². The molecule has 0 fully saturated rings. The number of rotatable bonds is 4. The molecule has 0 saturated carbocycles. The lowest BCUT2D eigenvalue weighted by atomic mass is 10.1. The van der Waals surface area contributed by atoms with Crippen LogP contribution in [0.3, 0.4) is 0 Å². The van der Waals surface area contributed by atoms with Crippen LogP contribution >= 0.6 is 15.9 Å². The van der Waals surface area contributed by atoms with Crippen LogP contribution in [0.4, 0.5) is 0 Å². The highest BCUT2D eigenvalue weighted by Crippen LogP contribution is 2.38. The Morgan fingerprint density at radius 3 is 3.10 bits per heavy atom. The summed E-state index contributed by atoms with van der Waals surface area (Å²) in [4.78, 5) is 0. The number of nitrogens with zero attached hydrogens (tertiary/aromatic N) is 3. The number of halogens is 1. The van der Waals surface area contributed by atoms with Crippen molar-refractivity contribution in [2.24, 2.45) is 0 Å². The van der Waals surface area contributed by atoms with Crippen LogP contribution in [0, 0.1) is 0 Å². The Hall–Kier alpha value is -1.44. The molecule has 2 N–H and O–H groups in total. The summed E-state index contributed by atoms with van der Waals surface area (Å²) in [5.74, 6) is 0.850. The first-order chi connectivity index (χ1) is 9.67. The van der Waals surface area contributed by atoms with Gasteiger partial charge in [-0.05, 0) is 17.7 Å². The SMILES string of the molecule is OC[C@H](O)Cn1cc(-c2cc(Br)cc3c2OCC3)nn1. The van der Waals surface area contributed by atoms with Gasteiger partial charge in [0.2, 0.25) is 0 Å². The third-order valence-electron chi connectivity index (χ3n) is 3.17. The van der Waals surface area contributed by atoms with Crippen LogP contribution in [0.5, 0.6) is 5.75 Å². The predicted octanol–water partition coefficient (Wildman–Crippen LogP) is 0.996. The molecule has 1 aliphatic heterocycles. The molecule has 1 atom stereocenters. The molecule has 7 heteroatoms. The van der Waals surface area contributed by atoms with E-state index in [4.69, 9.17) is 9.84 Å². The molecule has 0 spiro atoms. The van der Waals surface area contributed by atoms with E-state index in [0.717, 1.165) is 27.8 Å². The molecule has 0 aliphatic carbocycles. The van der Waals surface area contributed by atoms with Crippen LogP contribution in [-0.2, 0) is 13.0 Å². The van der Waals surface area contributed by atoms with Gasteiger partial charge >= 0.3 is 0 Å². The van der Waals surface area contributed by atoms with Crippen molar-refractivity contribution in [1.29, 1.82) is 0 Å². The van der Waals surface area contributed by atoms with Crippen molar-refractivity contribution in [2.45, 2.75) is 19.1 Å². The second-order valence-corrected chi connectivity index (χ2v) is 5.62. The standard InChI is InChI=1S/C13H14BrN3O3/c14-9-3-8-1-2-20-13(8)11(4-9)12-6-17(16-15-12)5-10(19)7-18/h3-4,6,10,18-19H,1-2,5,7H2/t10-/m1/s1. The average molecular weight is 340 g/mol. The number of ether oxygens (including phenoxy) is 1. The molecule has 2 heterocycles. The van der Waals surface area contributed by atoms with E-state index in [0.29, 0.717) is 12.3 Å². The third kappa shape index (κ3) is 2.56. The zero-order valence-corrected chi connectivity index (χ0v) is 12.2. The summed E-state index contributed by atoms with van der Waals surface area (Å²) in [6, 6.07) is 3.99. The fraction of sp³-hybridized carbons (Fsp3) is 0.385. The fourth-order valence-corrected chi connectivity index (χ4v) is 2.75. The van der Waals surface area contributed by atoms with Crippen LogP contribution < -0.4 is 4.74 Å². The van der Waals surface area contributed by atoms with E-state index in [1.165, 1.54) is 4.68 Å². The molecule has 0 radical (unpaired) electrons. The van der Waals surface area contributed by atoms with Gasteiger partial charge in [-0.15, -0.1) is 5.10 Å². The summed E-state index contributed by atoms with van der Waals surface area (Å²) in [6.45, 7) is 0.585. The summed E-state index contributed by atoms with van der Waals surface area (Å²) in [7, 11) is 0. The van der Waals surface area contributed by atoms with Crippen molar-refractivity contribution < 1.29 is 14.9 Å². The van der Waals surface area contributed by atoms with Crippen molar-refractivity contribution >= 4 is 15.9 Å². The lowest BCUT2D eigenvalue weighted by Crippen LogP contribution is -2.20. The van der Waals surface area contributed by atoms with E-state index in [2.05, 4.69) is 26.2 Å². The molecule has 106 valence electrons. The molecular weight excluding hydrogens is 326 g/mol. The van der Waals surface area contributed by atoms with Gasteiger partial charge in [0.15, 0.2) is 0 Å². The molecule has 0 amide bonds. The number of benzene rings is 1. The quantitative estimate of drug-likeness (QED) is 0.868. The summed E-state index contributed by atoms with van der Waals surface area (Å²) in [6.07, 6.45) is 1.79. The smallest absolute Gasteiger partial charge is 0.132 e. The predicted molar refractivity (Wildman–Crippen MR) is 75.4 cm³/mol. The normalized spacial score (nSPS) is 14.9. The van der Waals surface area contributed by atoms with E-state index in [1.54, 1.807) is 6.20 Å². The van der Waals surface area contributed by atoms with Gasteiger partial charge in [-0.3, -0.25) is 0 Å². The van der Waals surface area contributed by atoms with Crippen LogP contribution in [0.1, 0.15) is 5.56 Å². The molecular formula is C13H14BrN3O3. The maximum Gasteiger partial charge on any atom is 0.132 e. The lowest BCUT2D eigenvalue weighted by Gasteiger charge is -2.06. The first-order valence-electron chi connectivity index (χ1n) is 6.32. The van der Waals surface area contributed by atoms with Crippen molar-refractivity contribution in [2.75, 3.05) is 13.2 Å². The van der Waals surface area contributed by atoms with Gasteiger partial charge in [0.05, 0.1) is 32.1 Å². The molecule has 1 aromatic carbocycles. The average Bonchev–Trinajstić information content (AvgIpc) is 3.06. The first kappa shape index (κ1) is 13.5. The lowest BCUT2D eigenvalue weighted by molar-refractivity contribution is 0.0778. The molecule has 0 unspecified atom stereocenters. The minimum atomic E-state index is -0.839. The van der Waals surface area contributed by atoms with E-state index >= 15 is 0 Å². The number of fused-ring (bicyclic) bond motifs is 1. The van der Waals surface area contributed by atoms with Crippen molar-refractivity contribution in [3.05, 3.63) is 28.4 Å². The minimum absolute atomic E-state index is 0.209. The third-order valence-corrected chi connectivity index (χ3v) is 3.63. The zero-order chi connectivity index (χ0) is 14.1. The summed E-state index contributed by atoms with van der Waals surface area (Å²) >= 11 is 3.49. The Balaban J connectivity index is 1.94. The highest BCUT2D eigenvalue weighted by molar-refractivity contribution is 9.10. The molecule has 1 aliphatic rings. The van der Waals surface area contributed by atoms with Crippen molar-refractivity contribution in [3.8, 4) is 17.0 Å². The Morgan fingerprint density at radius 2 is 2.30 bits per heavy atom. The van der Waals surface area contributed by atoms with E-state index in [1.807, 2.05) is 12.1 Å². The second-order valence-electron chi connectivity index (χ2n) is 4.70. The fourth-order valence-electron chi connectivity index (χ4n) is 2.24. The van der Waals surface area contributed by atoms with E-state index in [9.17, 15) is 5.11 Å². The van der Waals surface area contributed by atoms with Gasteiger partial charge in [-0.25, -0.2) is 4.68 Å². The topological polar surface area (TPSA) is 80.4 Å². The Labute approximate surface area is 124 Å². The Bertz CT molecular complexity index is 629. The molecule has 2 aromatic rings. The maximum absolute atomic E-state index is 9.42. The summed E-state index contributed by atoms with van der Waals surface area (Å²) in [5, 5.41) is 26.3. The van der Waals surface area contributed by atoms with E-state index in [-0.39, 0.29) is 13.2 Å². The van der Waals surface area contributed by atoms with Gasteiger partial charge < -0.3 is 14.9 Å². The molecule has 20 heavy (non-hydrogen) atoms. The number of hydrogen-bond acceptors (Lipinski definition) is 5. The largest absolute Gasteiger partial charge is 0.492 e. The second kappa shape index (κ2) is 5.51. The highest BCUT2D eigenvalue weighted by Gasteiger charge is 2.20. The summed E-state index contributed by atoms with van der Waals surface area (Å²) < 4.78 is 8.15. The van der Waals surface area contributed by atoms with Crippen molar-refractivity contribution in [1.82, 2.24) is 15.0 Å². The molecule has 3 rings (SSSR count). The number of aromatic nitrogens is 3. The Kier molecular flexibility index (Phi) is 3.73. The minimum Gasteiger partial charge on any atom is -0.492 e. The number of aliphatic hydroxyl groups is 2. The molecule has 0 saturated heterocycles. The van der Waals surface area contributed by atoms with E-state index < -0.39 is 6.10 Å². The first-order valence-corrected chi connectivity index (χ1v) is 7.11. The van der Waals surface area contributed by atoms with Gasteiger partial charge in [0, 0.05) is 16.5 Å². The van der Waals surface area contributed by atoms with Crippen molar-refractivity contribution in [3.63, 3.8) is 0 Å². The molecule has 6 nitrogen and oxygen atoms in total. The van der Waals surface area contributed by atoms with Gasteiger partial charge in [0.25, 0.3) is 0 Å². The molecule has 1 aromatic heterocycles. The van der Waals surface area contributed by atoms with Crippen LogP contribution in [0.2, 0.25) is 0 Å². The summed E-state index contributed by atoms with van der Waals surface area (Å²) in [5.41, 5.74) is 2.73. The zero-order valence-electron chi connectivity index (χ0n) is 10.7. The molecule has 0 bridgehead atoms. The van der Waals surface area contributed by atoms with Crippen LogP contribution in [0.25, 0.3) is 11.3 Å². The monoisotopic (exact) mass is 339 g/mol. The number of aliphatic hydroxyl groups excluding tert-OH is 2. The van der Waals surface area contributed by atoms with Gasteiger partial charge in [-0.1, -0.05) is 21.1 Å². The van der Waals surface area contributed by atoms with Crippen LogP contribution in [-0.4, -0.2) is 44.5 Å². The van der Waals surface area contributed by atoms with Gasteiger partial charge in [0.1, 0.15) is 11.4 Å². The highest BCUT2D eigenvalue weighted by atomic mass is 79.9. The Morgan fingerprint density at radius 1 is 1.45 bits per heavy atom. The van der Waals surface area contributed by atoms with Crippen LogP contribution in [0.15, 0.2) is 22.8 Å². The maximum atomic E-state index is 9.42. The number of hydrogen-bond donors (Lipinski definition) is 2.